The lowest BCUT2D eigenvalue weighted by Gasteiger charge is -2.08. The molecule has 0 radical (unpaired) electrons. The molecule has 3 aromatic carbocycles. The number of H-pyrrole nitrogens is 1. The van der Waals surface area contributed by atoms with Crippen LogP contribution in [0.4, 0.5) is 15.8 Å². The number of rotatable bonds is 4. The average Bonchev–Trinajstić information content (AvgIpc) is 3.39. The van der Waals surface area contributed by atoms with Crippen molar-refractivity contribution in [3.05, 3.63) is 90.3 Å². The normalized spacial score (nSPS) is 10.9. The van der Waals surface area contributed by atoms with Gasteiger partial charge in [-0.1, -0.05) is 18.2 Å². The van der Waals surface area contributed by atoms with Crippen LogP contribution in [0, 0.1) is 24.1 Å². The molecule has 0 fully saturated rings. The molecular formula is C24H17FN6. The van der Waals surface area contributed by atoms with Crippen molar-refractivity contribution in [2.45, 2.75) is 6.92 Å². The first-order valence-electron chi connectivity index (χ1n) is 9.69. The molecule has 2 heterocycles. The molecule has 0 spiro atoms. The summed E-state index contributed by atoms with van der Waals surface area (Å²) in [5.41, 5.74) is 5.35. The Labute approximate surface area is 177 Å². The third-order valence-corrected chi connectivity index (χ3v) is 5.06. The summed E-state index contributed by atoms with van der Waals surface area (Å²) in [6, 6.07) is 21.8. The van der Waals surface area contributed by atoms with E-state index >= 15 is 0 Å². The molecular weight excluding hydrogens is 391 g/mol. The van der Waals surface area contributed by atoms with Crippen LogP contribution in [-0.4, -0.2) is 19.7 Å². The van der Waals surface area contributed by atoms with Crippen molar-refractivity contribution in [3.63, 3.8) is 0 Å². The van der Waals surface area contributed by atoms with Gasteiger partial charge in [0.1, 0.15) is 23.2 Å². The van der Waals surface area contributed by atoms with E-state index in [1.165, 1.54) is 12.1 Å². The van der Waals surface area contributed by atoms with Gasteiger partial charge < -0.3 is 10.3 Å². The molecule has 0 aliphatic rings. The molecule has 150 valence electrons. The third-order valence-electron chi connectivity index (χ3n) is 5.06. The van der Waals surface area contributed by atoms with Crippen LogP contribution in [0.5, 0.6) is 0 Å². The summed E-state index contributed by atoms with van der Waals surface area (Å²) >= 11 is 0. The van der Waals surface area contributed by atoms with Gasteiger partial charge in [-0.3, -0.25) is 0 Å². The van der Waals surface area contributed by atoms with Crippen LogP contribution in [0.2, 0.25) is 0 Å². The molecule has 0 aliphatic heterocycles. The first-order chi connectivity index (χ1) is 15.1. The SMILES string of the molecule is Cc1ncc(-c2ccc(Nc3cccc4c(C#N)n(-c5ccc(F)cc5)nc34)cc2)[nH]1. The molecule has 0 atom stereocenters. The number of nitriles is 1. The summed E-state index contributed by atoms with van der Waals surface area (Å²) < 4.78 is 14.9. The van der Waals surface area contributed by atoms with Crippen molar-refractivity contribution in [2.24, 2.45) is 0 Å². The van der Waals surface area contributed by atoms with Crippen molar-refractivity contribution in [1.29, 1.82) is 5.26 Å². The monoisotopic (exact) mass is 408 g/mol. The number of fused-ring (bicyclic) bond motifs is 1. The van der Waals surface area contributed by atoms with Gasteiger partial charge in [-0.05, 0) is 61.0 Å². The quantitative estimate of drug-likeness (QED) is 0.413. The molecule has 0 aliphatic carbocycles. The minimum atomic E-state index is -0.338. The predicted octanol–water partition coefficient (Wildman–Crippen LogP) is 5.48. The maximum atomic E-state index is 13.3. The van der Waals surface area contributed by atoms with E-state index in [4.69, 9.17) is 0 Å². The fourth-order valence-corrected chi connectivity index (χ4v) is 3.54. The first kappa shape index (κ1) is 18.6. The van der Waals surface area contributed by atoms with Gasteiger partial charge in [0.2, 0.25) is 0 Å². The molecule has 5 aromatic rings. The Hall–Kier alpha value is -4.44. The standard InChI is InChI=1S/C24H17FN6/c1-15-27-14-22(28-15)16-5-9-18(10-6-16)29-21-4-2-3-20-23(13-26)31(30-24(20)21)19-11-7-17(25)8-12-19/h2-12,14,29H,1H3,(H,27,28). The number of imidazole rings is 1. The van der Waals surface area contributed by atoms with Gasteiger partial charge in [0.05, 0.1) is 23.3 Å². The topological polar surface area (TPSA) is 82.3 Å². The van der Waals surface area contributed by atoms with E-state index in [0.29, 0.717) is 16.9 Å². The Balaban J connectivity index is 1.52. The number of hydrogen-bond donors (Lipinski definition) is 2. The molecule has 5 rings (SSSR count). The zero-order chi connectivity index (χ0) is 21.4. The van der Waals surface area contributed by atoms with E-state index in [1.807, 2.05) is 55.6 Å². The molecule has 7 heteroatoms. The van der Waals surface area contributed by atoms with Crippen molar-refractivity contribution in [2.75, 3.05) is 5.32 Å². The molecule has 0 saturated heterocycles. The first-order valence-corrected chi connectivity index (χ1v) is 9.69. The highest BCUT2D eigenvalue weighted by Crippen LogP contribution is 2.30. The molecule has 31 heavy (non-hydrogen) atoms. The Morgan fingerprint density at radius 3 is 2.48 bits per heavy atom. The number of aromatic amines is 1. The Morgan fingerprint density at radius 1 is 1.03 bits per heavy atom. The molecule has 0 unspecified atom stereocenters. The van der Waals surface area contributed by atoms with Gasteiger partial charge in [0.25, 0.3) is 0 Å². The summed E-state index contributed by atoms with van der Waals surface area (Å²) in [6.45, 7) is 1.92. The highest BCUT2D eigenvalue weighted by Gasteiger charge is 2.15. The predicted molar refractivity (Wildman–Crippen MR) is 118 cm³/mol. The summed E-state index contributed by atoms with van der Waals surface area (Å²) in [5, 5.41) is 18.5. The minimum Gasteiger partial charge on any atom is -0.354 e. The van der Waals surface area contributed by atoms with E-state index in [9.17, 15) is 9.65 Å². The molecule has 2 aromatic heterocycles. The fraction of sp³-hybridized carbons (Fsp3) is 0.0417. The number of halogens is 1. The van der Waals surface area contributed by atoms with Crippen LogP contribution in [0.25, 0.3) is 27.8 Å². The average molecular weight is 408 g/mol. The zero-order valence-corrected chi connectivity index (χ0v) is 16.6. The molecule has 0 saturated carbocycles. The highest BCUT2D eigenvalue weighted by molar-refractivity contribution is 5.95. The zero-order valence-electron chi connectivity index (χ0n) is 16.6. The lowest BCUT2D eigenvalue weighted by Crippen LogP contribution is -1.99. The molecule has 0 amide bonds. The minimum absolute atomic E-state index is 0.338. The van der Waals surface area contributed by atoms with Crippen molar-refractivity contribution in [3.8, 4) is 23.0 Å². The van der Waals surface area contributed by atoms with E-state index in [0.717, 1.165) is 33.8 Å². The molecule has 2 N–H and O–H groups in total. The number of nitrogens with one attached hydrogen (secondary N) is 2. The fourth-order valence-electron chi connectivity index (χ4n) is 3.54. The summed E-state index contributed by atoms with van der Waals surface area (Å²) in [5.74, 6) is 0.531. The second kappa shape index (κ2) is 7.43. The lowest BCUT2D eigenvalue weighted by molar-refractivity contribution is 0.627. The van der Waals surface area contributed by atoms with Crippen LogP contribution >= 0.6 is 0 Å². The lowest BCUT2D eigenvalue weighted by atomic mass is 10.1. The van der Waals surface area contributed by atoms with Crippen molar-refractivity contribution >= 4 is 22.3 Å². The number of aromatic nitrogens is 4. The van der Waals surface area contributed by atoms with Crippen molar-refractivity contribution < 1.29 is 4.39 Å². The van der Waals surface area contributed by atoms with Gasteiger partial charge in [-0.25, -0.2) is 14.1 Å². The van der Waals surface area contributed by atoms with E-state index < -0.39 is 0 Å². The second-order valence-electron chi connectivity index (χ2n) is 7.14. The number of nitrogens with zero attached hydrogens (tertiary/aromatic N) is 4. The Kier molecular flexibility index (Phi) is 4.45. The Morgan fingerprint density at radius 2 is 1.81 bits per heavy atom. The molecule has 6 nitrogen and oxygen atoms in total. The maximum Gasteiger partial charge on any atom is 0.152 e. The van der Waals surface area contributed by atoms with Crippen LogP contribution in [0.1, 0.15) is 11.5 Å². The summed E-state index contributed by atoms with van der Waals surface area (Å²) in [7, 11) is 0. The summed E-state index contributed by atoms with van der Waals surface area (Å²) in [4.78, 5) is 7.46. The largest absolute Gasteiger partial charge is 0.354 e. The van der Waals surface area contributed by atoms with Crippen molar-refractivity contribution in [1.82, 2.24) is 19.7 Å². The second-order valence-corrected chi connectivity index (χ2v) is 7.14. The van der Waals surface area contributed by atoms with E-state index in [-0.39, 0.29) is 5.82 Å². The van der Waals surface area contributed by atoms with Crippen LogP contribution in [-0.2, 0) is 0 Å². The summed E-state index contributed by atoms with van der Waals surface area (Å²) in [6.07, 6.45) is 1.81. The molecule has 0 bridgehead atoms. The van der Waals surface area contributed by atoms with Crippen LogP contribution in [0.3, 0.4) is 0 Å². The van der Waals surface area contributed by atoms with Gasteiger partial charge in [0, 0.05) is 11.1 Å². The Bertz CT molecular complexity index is 1420. The maximum absolute atomic E-state index is 13.3. The van der Waals surface area contributed by atoms with Gasteiger partial charge in [0.15, 0.2) is 5.69 Å². The number of aryl methyl sites for hydroxylation is 1. The smallest absolute Gasteiger partial charge is 0.152 e. The third kappa shape index (κ3) is 3.40. The van der Waals surface area contributed by atoms with E-state index in [2.05, 4.69) is 26.5 Å². The van der Waals surface area contributed by atoms with Crippen LogP contribution in [0.15, 0.2) is 72.9 Å². The van der Waals surface area contributed by atoms with E-state index in [1.54, 1.807) is 16.8 Å². The number of hydrogen-bond acceptors (Lipinski definition) is 4. The number of anilines is 2. The van der Waals surface area contributed by atoms with Crippen LogP contribution < -0.4 is 5.32 Å². The van der Waals surface area contributed by atoms with Gasteiger partial charge >= 0.3 is 0 Å². The van der Waals surface area contributed by atoms with Gasteiger partial charge in [-0.15, -0.1) is 0 Å². The van der Waals surface area contributed by atoms with Gasteiger partial charge in [-0.2, -0.15) is 10.4 Å². The highest BCUT2D eigenvalue weighted by atomic mass is 19.1. The number of benzene rings is 3.